The fourth-order valence-corrected chi connectivity index (χ4v) is 5.43. The van der Waals surface area contributed by atoms with Gasteiger partial charge in [-0.15, -0.1) is 11.3 Å². The molecule has 35 heavy (non-hydrogen) atoms. The minimum atomic E-state index is -0.590. The zero-order valence-electron chi connectivity index (χ0n) is 19.2. The monoisotopic (exact) mass is 496 g/mol. The average Bonchev–Trinajstić information content (AvgIpc) is 3.54. The summed E-state index contributed by atoms with van der Waals surface area (Å²) in [5.74, 6) is -0.921. The normalized spacial score (nSPS) is 17.1. The molecule has 1 fully saturated rings. The highest BCUT2D eigenvalue weighted by Crippen LogP contribution is 2.35. The minimum Gasteiger partial charge on any atom is -0.491 e. The zero-order chi connectivity index (χ0) is 24.4. The first-order valence-electron chi connectivity index (χ1n) is 11.8. The molecule has 1 aliphatic heterocycles. The lowest BCUT2D eigenvalue weighted by molar-refractivity contribution is -0.135. The zero-order valence-corrected chi connectivity index (χ0v) is 20.0. The summed E-state index contributed by atoms with van der Waals surface area (Å²) in [5, 5.41) is 1.99. The van der Waals surface area contributed by atoms with Crippen molar-refractivity contribution >= 4 is 23.2 Å². The number of hydrogen-bond donors (Lipinski definition) is 0. The van der Waals surface area contributed by atoms with E-state index in [4.69, 9.17) is 4.74 Å². The molecule has 1 atom stereocenters. The summed E-state index contributed by atoms with van der Waals surface area (Å²) in [6.45, 7) is 0.970. The molecule has 0 N–H and O–H groups in total. The predicted molar refractivity (Wildman–Crippen MR) is 129 cm³/mol. The van der Waals surface area contributed by atoms with E-state index in [1.165, 1.54) is 40.1 Å². The van der Waals surface area contributed by atoms with Gasteiger partial charge >= 0.3 is 0 Å². The van der Waals surface area contributed by atoms with E-state index in [0.717, 1.165) is 24.8 Å². The number of amides is 2. The van der Waals surface area contributed by atoms with Crippen molar-refractivity contribution in [2.24, 2.45) is 5.92 Å². The van der Waals surface area contributed by atoms with Crippen LogP contribution < -0.4 is 4.74 Å². The number of carbonyl (C=O) groups is 2. The van der Waals surface area contributed by atoms with Crippen molar-refractivity contribution in [1.82, 2.24) is 9.80 Å². The second-order valence-corrected chi connectivity index (χ2v) is 10.0. The van der Waals surface area contributed by atoms with Crippen molar-refractivity contribution < 1.29 is 23.1 Å². The molecule has 2 aromatic carbocycles. The molecule has 2 amide bonds. The number of thiophene rings is 1. The molecule has 1 aromatic heterocycles. The first kappa shape index (κ1) is 23.5. The highest BCUT2D eigenvalue weighted by atomic mass is 32.1. The van der Waals surface area contributed by atoms with Gasteiger partial charge in [-0.3, -0.25) is 9.59 Å². The molecular formula is C27H26F2N2O3S. The third kappa shape index (κ3) is 5.37. The van der Waals surface area contributed by atoms with Crippen molar-refractivity contribution in [1.29, 1.82) is 0 Å². The van der Waals surface area contributed by atoms with Gasteiger partial charge in [-0.25, -0.2) is 8.78 Å². The van der Waals surface area contributed by atoms with Crippen LogP contribution in [0.2, 0.25) is 0 Å². The SMILES string of the molecule is O=C(c1ccccc1F)N(CC(=O)N1CCc2sccc2[C@@H]1COc1cccc(F)c1)CC1CC1. The molecule has 0 unspecified atom stereocenters. The van der Waals surface area contributed by atoms with Crippen molar-refractivity contribution in [3.63, 3.8) is 0 Å². The Morgan fingerprint density at radius 2 is 1.91 bits per heavy atom. The summed E-state index contributed by atoms with van der Waals surface area (Å²) in [5.41, 5.74) is 0.992. The number of ether oxygens (including phenoxy) is 1. The summed E-state index contributed by atoms with van der Waals surface area (Å²) >= 11 is 1.64. The first-order chi connectivity index (χ1) is 17.0. The summed E-state index contributed by atoms with van der Waals surface area (Å²) in [6, 6.07) is 13.4. The van der Waals surface area contributed by atoms with Crippen molar-refractivity contribution in [2.45, 2.75) is 25.3 Å². The van der Waals surface area contributed by atoms with E-state index in [1.807, 2.05) is 11.4 Å². The van der Waals surface area contributed by atoms with Crippen LogP contribution in [0.1, 0.15) is 39.7 Å². The summed E-state index contributed by atoms with van der Waals surface area (Å²) in [4.78, 5) is 31.2. The first-order valence-corrected chi connectivity index (χ1v) is 12.7. The number of fused-ring (bicyclic) bond motifs is 1. The fourth-order valence-electron chi connectivity index (χ4n) is 4.50. The summed E-state index contributed by atoms with van der Waals surface area (Å²) in [7, 11) is 0. The quantitative estimate of drug-likeness (QED) is 0.437. The maximum atomic E-state index is 14.3. The smallest absolute Gasteiger partial charge is 0.257 e. The van der Waals surface area contributed by atoms with Gasteiger partial charge in [-0.2, -0.15) is 0 Å². The van der Waals surface area contributed by atoms with Gasteiger partial charge in [-0.05, 0) is 66.5 Å². The van der Waals surface area contributed by atoms with Gasteiger partial charge < -0.3 is 14.5 Å². The molecule has 3 aromatic rings. The molecule has 0 saturated heterocycles. The standard InChI is InChI=1S/C27H26F2N2O3S/c28-19-4-3-5-20(14-19)34-17-24-22-11-13-35-25(22)10-12-31(24)26(32)16-30(15-18-8-9-18)27(33)21-6-1-2-7-23(21)29/h1-7,11,13-14,18,24H,8-10,12,15-17H2/t24-/m0/s1. The van der Waals surface area contributed by atoms with Crippen molar-refractivity contribution in [3.8, 4) is 5.75 Å². The lowest BCUT2D eigenvalue weighted by Gasteiger charge is -2.37. The maximum absolute atomic E-state index is 14.3. The second-order valence-electron chi connectivity index (χ2n) is 9.03. The van der Waals surface area contributed by atoms with Crippen LogP contribution in [0.3, 0.4) is 0 Å². The minimum absolute atomic E-state index is 0.0225. The van der Waals surface area contributed by atoms with Crippen LogP contribution in [-0.2, 0) is 11.2 Å². The van der Waals surface area contributed by atoms with Crippen LogP contribution in [0.15, 0.2) is 60.0 Å². The lowest BCUT2D eigenvalue weighted by atomic mass is 10.00. The van der Waals surface area contributed by atoms with Crippen LogP contribution >= 0.6 is 11.3 Å². The molecule has 1 aliphatic carbocycles. The van der Waals surface area contributed by atoms with Gasteiger partial charge in [0.05, 0.1) is 11.6 Å². The Morgan fingerprint density at radius 3 is 2.69 bits per heavy atom. The van der Waals surface area contributed by atoms with Gasteiger partial charge in [0.1, 0.15) is 30.5 Å². The molecular weight excluding hydrogens is 470 g/mol. The Balaban J connectivity index is 1.35. The van der Waals surface area contributed by atoms with E-state index in [9.17, 15) is 18.4 Å². The van der Waals surface area contributed by atoms with Gasteiger partial charge in [-0.1, -0.05) is 18.2 Å². The van der Waals surface area contributed by atoms with Gasteiger partial charge in [0.2, 0.25) is 5.91 Å². The summed E-state index contributed by atoms with van der Waals surface area (Å²) in [6.07, 6.45) is 2.72. The molecule has 0 spiro atoms. The highest BCUT2D eigenvalue weighted by molar-refractivity contribution is 7.10. The number of halogens is 2. The van der Waals surface area contributed by atoms with Gasteiger partial charge in [0.15, 0.2) is 0 Å². The Hall–Kier alpha value is -3.26. The van der Waals surface area contributed by atoms with Crippen LogP contribution in [0.4, 0.5) is 8.78 Å². The van der Waals surface area contributed by atoms with Crippen molar-refractivity contribution in [3.05, 3.63) is 87.6 Å². The van der Waals surface area contributed by atoms with Gasteiger partial charge in [0, 0.05) is 24.0 Å². The molecule has 1 saturated carbocycles. The van der Waals surface area contributed by atoms with Crippen molar-refractivity contribution in [2.75, 3.05) is 26.2 Å². The third-order valence-electron chi connectivity index (χ3n) is 6.51. The van der Waals surface area contributed by atoms with E-state index in [1.54, 1.807) is 34.4 Å². The Kier molecular flexibility index (Phi) is 6.81. The summed E-state index contributed by atoms with van der Waals surface area (Å²) < 4.78 is 33.8. The van der Waals surface area contributed by atoms with Crippen LogP contribution in [0.5, 0.6) is 5.75 Å². The number of hydrogen-bond acceptors (Lipinski definition) is 4. The van der Waals surface area contributed by atoms with E-state index >= 15 is 0 Å². The molecule has 182 valence electrons. The number of rotatable bonds is 8. The molecule has 2 heterocycles. The second kappa shape index (κ2) is 10.2. The third-order valence-corrected chi connectivity index (χ3v) is 7.51. The largest absolute Gasteiger partial charge is 0.491 e. The molecule has 5 rings (SSSR count). The number of carbonyl (C=O) groups excluding carboxylic acids is 2. The molecule has 0 bridgehead atoms. The maximum Gasteiger partial charge on any atom is 0.257 e. The van der Waals surface area contributed by atoms with E-state index in [0.29, 0.717) is 24.8 Å². The Morgan fingerprint density at radius 1 is 1.09 bits per heavy atom. The van der Waals surface area contributed by atoms with E-state index in [-0.39, 0.29) is 30.7 Å². The van der Waals surface area contributed by atoms with Crippen LogP contribution in [-0.4, -0.2) is 47.9 Å². The van der Waals surface area contributed by atoms with E-state index < -0.39 is 17.5 Å². The molecule has 0 radical (unpaired) electrons. The van der Waals surface area contributed by atoms with Crippen LogP contribution in [0, 0.1) is 17.6 Å². The Bertz CT molecular complexity index is 1230. The highest BCUT2D eigenvalue weighted by Gasteiger charge is 2.35. The molecule has 2 aliphatic rings. The molecule has 5 nitrogen and oxygen atoms in total. The predicted octanol–water partition coefficient (Wildman–Crippen LogP) is 5.08. The lowest BCUT2D eigenvalue weighted by Crippen LogP contribution is -2.48. The molecule has 8 heteroatoms. The Labute approximate surface area is 206 Å². The fraction of sp³-hybridized carbons (Fsp3) is 0.333. The van der Waals surface area contributed by atoms with E-state index in [2.05, 4.69) is 0 Å². The average molecular weight is 497 g/mol. The van der Waals surface area contributed by atoms with Gasteiger partial charge in [0.25, 0.3) is 5.91 Å². The number of nitrogens with zero attached hydrogens (tertiary/aromatic N) is 2. The van der Waals surface area contributed by atoms with Crippen LogP contribution in [0.25, 0.3) is 0 Å². The topological polar surface area (TPSA) is 49.9 Å². The number of benzene rings is 2.